The molecule has 2 aromatic heterocycles. The molecular weight excluding hydrogens is 362 g/mol. The Hall–Kier alpha value is -0.770. The highest BCUT2D eigenvalue weighted by Gasteiger charge is 2.10. The zero-order valence-electron chi connectivity index (χ0n) is 12.2. The van der Waals surface area contributed by atoms with Crippen LogP contribution < -0.4 is 5.32 Å². The molecule has 0 aromatic carbocycles. The highest BCUT2D eigenvalue weighted by atomic mass is 35.5. The summed E-state index contributed by atoms with van der Waals surface area (Å²) in [7, 11) is 1.88. The maximum absolute atomic E-state index is 11.5. The first-order valence-electron chi connectivity index (χ1n) is 6.62. The molecule has 2 heterocycles. The Labute approximate surface area is 146 Å². The van der Waals surface area contributed by atoms with Gasteiger partial charge in [-0.25, -0.2) is 4.98 Å². The molecule has 0 aliphatic rings. The van der Waals surface area contributed by atoms with Crippen molar-refractivity contribution in [3.63, 3.8) is 0 Å². The molecule has 0 aliphatic heterocycles. The smallest absolute Gasteiger partial charge is 0.230 e. The third-order valence-electron chi connectivity index (χ3n) is 2.64. The number of imidazole rings is 1. The van der Waals surface area contributed by atoms with E-state index >= 15 is 0 Å². The van der Waals surface area contributed by atoms with Crippen molar-refractivity contribution in [1.29, 1.82) is 0 Å². The predicted molar refractivity (Wildman–Crippen MR) is 91.7 cm³/mol. The highest BCUT2D eigenvalue weighted by molar-refractivity contribution is 8.03. The van der Waals surface area contributed by atoms with E-state index in [2.05, 4.69) is 20.5 Å². The Bertz CT molecular complexity index is 630. The SMILES string of the molecule is CCCNC(=O)CSc1nnc(SCc2ncc(Cl)n2C)s1. The number of rotatable bonds is 8. The number of aromatic nitrogens is 4. The average Bonchev–Trinajstić information content (AvgIpc) is 3.09. The number of thioether (sulfide) groups is 2. The fourth-order valence-corrected chi connectivity index (χ4v) is 4.43. The first-order valence-corrected chi connectivity index (χ1v) is 9.78. The summed E-state index contributed by atoms with van der Waals surface area (Å²) in [6.07, 6.45) is 2.57. The Morgan fingerprint density at radius 2 is 2.14 bits per heavy atom. The molecule has 0 unspecified atom stereocenters. The van der Waals surface area contributed by atoms with Gasteiger partial charge in [0.15, 0.2) is 8.68 Å². The molecule has 0 saturated heterocycles. The van der Waals surface area contributed by atoms with E-state index in [9.17, 15) is 4.79 Å². The van der Waals surface area contributed by atoms with Gasteiger partial charge in [0.2, 0.25) is 5.91 Å². The Kier molecular flexibility index (Phi) is 7.00. The summed E-state index contributed by atoms with van der Waals surface area (Å²) in [4.78, 5) is 15.8. The van der Waals surface area contributed by atoms with Crippen molar-refractivity contribution in [1.82, 2.24) is 25.1 Å². The van der Waals surface area contributed by atoms with Crippen molar-refractivity contribution < 1.29 is 4.79 Å². The van der Waals surface area contributed by atoms with Crippen LogP contribution in [0.4, 0.5) is 0 Å². The zero-order chi connectivity index (χ0) is 15.9. The summed E-state index contributed by atoms with van der Waals surface area (Å²) in [5.74, 6) is 1.96. The van der Waals surface area contributed by atoms with Crippen LogP contribution in [0, 0.1) is 0 Å². The van der Waals surface area contributed by atoms with Gasteiger partial charge in [0, 0.05) is 13.6 Å². The van der Waals surface area contributed by atoms with E-state index in [0.717, 1.165) is 20.9 Å². The summed E-state index contributed by atoms with van der Waals surface area (Å²) in [6.45, 7) is 2.74. The maximum Gasteiger partial charge on any atom is 0.230 e. The Morgan fingerprint density at radius 1 is 1.41 bits per heavy atom. The number of carbonyl (C=O) groups excluding carboxylic acids is 1. The highest BCUT2D eigenvalue weighted by Crippen LogP contribution is 2.30. The second kappa shape index (κ2) is 8.76. The lowest BCUT2D eigenvalue weighted by molar-refractivity contribution is -0.118. The van der Waals surface area contributed by atoms with Crippen LogP contribution in [0.2, 0.25) is 5.15 Å². The van der Waals surface area contributed by atoms with E-state index in [-0.39, 0.29) is 5.91 Å². The fourth-order valence-electron chi connectivity index (χ4n) is 1.44. The molecule has 0 radical (unpaired) electrons. The van der Waals surface area contributed by atoms with Crippen LogP contribution in [-0.2, 0) is 17.6 Å². The van der Waals surface area contributed by atoms with E-state index in [1.807, 2.05) is 18.5 Å². The van der Waals surface area contributed by atoms with Crippen molar-refractivity contribution in [2.24, 2.45) is 7.05 Å². The van der Waals surface area contributed by atoms with Crippen molar-refractivity contribution in [2.45, 2.75) is 27.8 Å². The number of amides is 1. The second-order valence-corrected chi connectivity index (χ2v) is 8.13. The lowest BCUT2D eigenvalue weighted by Gasteiger charge is -2.00. The molecule has 0 aliphatic carbocycles. The molecule has 0 bridgehead atoms. The lowest BCUT2D eigenvalue weighted by Crippen LogP contribution is -2.25. The van der Waals surface area contributed by atoms with Gasteiger partial charge in [-0.2, -0.15) is 0 Å². The Morgan fingerprint density at radius 3 is 2.77 bits per heavy atom. The molecule has 2 aromatic rings. The third-order valence-corrected chi connectivity index (χ3v) is 6.18. The maximum atomic E-state index is 11.5. The number of nitrogens with zero attached hydrogens (tertiary/aromatic N) is 4. The monoisotopic (exact) mass is 377 g/mol. The van der Waals surface area contributed by atoms with Gasteiger partial charge in [0.05, 0.1) is 17.7 Å². The van der Waals surface area contributed by atoms with Gasteiger partial charge in [-0.05, 0) is 6.42 Å². The van der Waals surface area contributed by atoms with Crippen molar-refractivity contribution >= 4 is 52.4 Å². The van der Waals surface area contributed by atoms with Crippen molar-refractivity contribution in [3.05, 3.63) is 17.2 Å². The summed E-state index contributed by atoms with van der Waals surface area (Å²) in [5, 5.41) is 11.6. The quantitative estimate of drug-likeness (QED) is 0.713. The number of halogens is 1. The zero-order valence-corrected chi connectivity index (χ0v) is 15.4. The van der Waals surface area contributed by atoms with E-state index < -0.39 is 0 Å². The average molecular weight is 378 g/mol. The van der Waals surface area contributed by atoms with Gasteiger partial charge in [0.1, 0.15) is 11.0 Å². The van der Waals surface area contributed by atoms with Gasteiger partial charge in [-0.15, -0.1) is 10.2 Å². The molecule has 1 amide bonds. The molecule has 0 atom stereocenters. The predicted octanol–water partition coefficient (Wildman–Crippen LogP) is 2.84. The summed E-state index contributed by atoms with van der Waals surface area (Å²) < 4.78 is 3.49. The molecule has 0 spiro atoms. The van der Waals surface area contributed by atoms with Gasteiger partial charge in [-0.3, -0.25) is 4.79 Å². The molecule has 2 rings (SSSR count). The summed E-state index contributed by atoms with van der Waals surface area (Å²) in [6, 6.07) is 0. The number of nitrogens with one attached hydrogen (secondary N) is 1. The second-order valence-electron chi connectivity index (χ2n) is 4.32. The molecule has 6 nitrogen and oxygen atoms in total. The minimum Gasteiger partial charge on any atom is -0.355 e. The normalized spacial score (nSPS) is 10.9. The topological polar surface area (TPSA) is 72.7 Å². The van der Waals surface area contributed by atoms with E-state index in [4.69, 9.17) is 11.6 Å². The molecular formula is C12H16ClN5OS3. The lowest BCUT2D eigenvalue weighted by atomic mass is 10.5. The third kappa shape index (κ3) is 5.15. The number of hydrogen-bond donors (Lipinski definition) is 1. The van der Waals surface area contributed by atoms with Crippen LogP contribution in [0.1, 0.15) is 19.2 Å². The van der Waals surface area contributed by atoms with Crippen LogP contribution in [-0.4, -0.2) is 38.0 Å². The molecule has 10 heteroatoms. The van der Waals surface area contributed by atoms with Crippen LogP contribution in [0.15, 0.2) is 14.9 Å². The van der Waals surface area contributed by atoms with Gasteiger partial charge >= 0.3 is 0 Å². The van der Waals surface area contributed by atoms with E-state index in [0.29, 0.717) is 23.2 Å². The van der Waals surface area contributed by atoms with Crippen molar-refractivity contribution in [3.8, 4) is 0 Å². The first-order chi connectivity index (χ1) is 10.6. The fraction of sp³-hybridized carbons (Fsp3) is 0.500. The summed E-state index contributed by atoms with van der Waals surface area (Å²) >= 11 is 10.4. The molecule has 0 fully saturated rings. The van der Waals surface area contributed by atoms with E-state index in [1.54, 1.807) is 18.0 Å². The van der Waals surface area contributed by atoms with E-state index in [1.165, 1.54) is 23.1 Å². The van der Waals surface area contributed by atoms with Crippen LogP contribution in [0.25, 0.3) is 0 Å². The largest absolute Gasteiger partial charge is 0.355 e. The number of carbonyl (C=O) groups is 1. The molecule has 120 valence electrons. The van der Waals surface area contributed by atoms with Gasteiger partial charge in [-0.1, -0.05) is 53.4 Å². The first kappa shape index (κ1) is 17.6. The van der Waals surface area contributed by atoms with Gasteiger partial charge in [0.25, 0.3) is 0 Å². The minimum atomic E-state index is 0.0268. The summed E-state index contributed by atoms with van der Waals surface area (Å²) in [5.41, 5.74) is 0. The molecule has 0 saturated carbocycles. The standard InChI is InChI=1S/C12H16ClN5OS3/c1-3-4-14-10(19)7-21-12-17-16-11(22-12)20-6-9-15-5-8(13)18(9)2/h5H,3-4,6-7H2,1-2H3,(H,14,19). The van der Waals surface area contributed by atoms with Gasteiger partial charge < -0.3 is 9.88 Å². The molecule has 22 heavy (non-hydrogen) atoms. The number of hydrogen-bond acceptors (Lipinski definition) is 7. The molecule has 1 N–H and O–H groups in total. The van der Waals surface area contributed by atoms with Crippen LogP contribution in [0.3, 0.4) is 0 Å². The van der Waals surface area contributed by atoms with Crippen LogP contribution >= 0.6 is 46.5 Å². The minimum absolute atomic E-state index is 0.0268. The van der Waals surface area contributed by atoms with Crippen LogP contribution in [0.5, 0.6) is 0 Å². The Balaban J connectivity index is 1.79. The van der Waals surface area contributed by atoms with Crippen molar-refractivity contribution in [2.75, 3.05) is 12.3 Å².